The molecule has 1 aromatic heterocycles. The molecule has 0 aliphatic heterocycles. The van der Waals surface area contributed by atoms with E-state index in [1.807, 2.05) is 0 Å². The summed E-state index contributed by atoms with van der Waals surface area (Å²) in [5.74, 6) is -0.432. The van der Waals surface area contributed by atoms with Crippen LogP contribution in [0.2, 0.25) is 5.15 Å². The van der Waals surface area contributed by atoms with Crippen molar-refractivity contribution in [1.82, 2.24) is 9.97 Å². The Bertz CT molecular complexity index is 651. The molecule has 19 heavy (non-hydrogen) atoms. The lowest BCUT2D eigenvalue weighted by Crippen LogP contribution is -2.02. The second-order valence-electron chi connectivity index (χ2n) is 3.70. The van der Waals surface area contributed by atoms with Crippen molar-refractivity contribution < 1.29 is 9.31 Å². The molecule has 0 aliphatic carbocycles. The van der Waals surface area contributed by atoms with Crippen LogP contribution < -0.4 is 5.32 Å². The summed E-state index contributed by atoms with van der Waals surface area (Å²) >= 11 is 5.66. The van der Waals surface area contributed by atoms with Crippen LogP contribution in [0.3, 0.4) is 0 Å². The van der Waals surface area contributed by atoms with Gasteiger partial charge in [-0.25, -0.2) is 14.4 Å². The molecule has 98 valence electrons. The van der Waals surface area contributed by atoms with Gasteiger partial charge in [-0.3, -0.25) is 10.1 Å². The van der Waals surface area contributed by atoms with E-state index in [-0.39, 0.29) is 11.0 Å². The zero-order valence-corrected chi connectivity index (χ0v) is 10.5. The van der Waals surface area contributed by atoms with Gasteiger partial charge in [0.05, 0.1) is 4.92 Å². The summed E-state index contributed by atoms with van der Waals surface area (Å²) in [7, 11) is 0. The largest absolute Gasteiger partial charge is 0.348 e. The number of rotatable bonds is 3. The molecule has 6 nitrogen and oxygen atoms in total. The molecule has 0 spiro atoms. The number of hydrogen-bond acceptors (Lipinski definition) is 5. The minimum atomic E-state index is -0.677. The van der Waals surface area contributed by atoms with Gasteiger partial charge in [-0.1, -0.05) is 11.6 Å². The molecule has 0 radical (unpaired) electrons. The second-order valence-corrected chi connectivity index (χ2v) is 4.06. The number of aryl methyl sites for hydroxylation is 1. The first kappa shape index (κ1) is 13.2. The summed E-state index contributed by atoms with van der Waals surface area (Å²) in [6, 6.07) is 4.01. The second kappa shape index (κ2) is 5.15. The number of benzene rings is 1. The Balaban J connectivity index is 2.44. The van der Waals surface area contributed by atoms with Crippen molar-refractivity contribution in [2.24, 2.45) is 0 Å². The lowest BCUT2D eigenvalue weighted by molar-refractivity contribution is -0.384. The van der Waals surface area contributed by atoms with Crippen molar-refractivity contribution in [1.29, 1.82) is 0 Å². The minimum absolute atomic E-state index is 0.0419. The molecule has 1 heterocycles. The summed E-state index contributed by atoms with van der Waals surface area (Å²) in [4.78, 5) is 17.6. The van der Waals surface area contributed by atoms with Crippen molar-refractivity contribution in [3.63, 3.8) is 0 Å². The number of nitrogens with one attached hydrogen (secondary N) is 1. The summed E-state index contributed by atoms with van der Waals surface area (Å²) in [5, 5.41) is 13.4. The highest BCUT2D eigenvalue weighted by atomic mass is 35.5. The zero-order valence-electron chi connectivity index (χ0n) is 9.72. The highest BCUT2D eigenvalue weighted by molar-refractivity contribution is 6.31. The highest BCUT2D eigenvalue weighted by Crippen LogP contribution is 2.31. The Morgan fingerprint density at radius 1 is 1.42 bits per heavy atom. The number of hydrogen-bond donors (Lipinski definition) is 1. The average molecular weight is 283 g/mol. The maximum Gasteiger partial charge on any atom is 0.348 e. The van der Waals surface area contributed by atoms with Crippen molar-refractivity contribution in [2.45, 2.75) is 6.92 Å². The number of anilines is 2. The third kappa shape index (κ3) is 2.76. The fraction of sp³-hybridized carbons (Fsp3) is 0.0909. The summed E-state index contributed by atoms with van der Waals surface area (Å²) in [5.41, 5.74) is 0.663. The quantitative estimate of drug-likeness (QED) is 0.531. The van der Waals surface area contributed by atoms with E-state index >= 15 is 0 Å². The van der Waals surface area contributed by atoms with Gasteiger partial charge >= 0.3 is 5.69 Å². The number of aromatic nitrogens is 2. The maximum atomic E-state index is 13.0. The highest BCUT2D eigenvalue weighted by Gasteiger charge is 2.21. The summed E-state index contributed by atoms with van der Waals surface area (Å²) in [6.45, 7) is 1.67. The van der Waals surface area contributed by atoms with Gasteiger partial charge in [-0.15, -0.1) is 0 Å². The zero-order chi connectivity index (χ0) is 14.0. The van der Waals surface area contributed by atoms with Gasteiger partial charge in [0.15, 0.2) is 0 Å². The van der Waals surface area contributed by atoms with Crippen molar-refractivity contribution in [2.75, 3.05) is 5.32 Å². The van der Waals surface area contributed by atoms with Crippen LogP contribution in [0.15, 0.2) is 24.5 Å². The van der Waals surface area contributed by atoms with E-state index in [2.05, 4.69) is 15.3 Å². The molecule has 0 bridgehead atoms. The monoisotopic (exact) mass is 282 g/mol. The third-order valence-electron chi connectivity index (χ3n) is 2.40. The Labute approximate surface area is 112 Å². The molecule has 1 N–H and O–H groups in total. The molecule has 0 unspecified atom stereocenters. The number of halogens is 2. The Morgan fingerprint density at radius 3 is 2.79 bits per heavy atom. The van der Waals surface area contributed by atoms with E-state index in [9.17, 15) is 14.5 Å². The summed E-state index contributed by atoms with van der Waals surface area (Å²) in [6.07, 6.45) is 1.11. The van der Waals surface area contributed by atoms with Crippen LogP contribution in [0.4, 0.5) is 21.6 Å². The third-order valence-corrected chi connectivity index (χ3v) is 2.68. The average Bonchev–Trinajstić information content (AvgIpc) is 2.32. The lowest BCUT2D eigenvalue weighted by atomic mass is 10.2. The Hall–Kier alpha value is -2.28. The van der Waals surface area contributed by atoms with E-state index in [4.69, 9.17) is 11.6 Å². The van der Waals surface area contributed by atoms with Gasteiger partial charge in [0, 0.05) is 5.69 Å². The van der Waals surface area contributed by atoms with Gasteiger partial charge in [0.1, 0.15) is 12.1 Å². The first-order chi connectivity index (χ1) is 8.99. The fourth-order valence-corrected chi connectivity index (χ4v) is 1.71. The van der Waals surface area contributed by atoms with Crippen molar-refractivity contribution in [3.05, 3.63) is 51.2 Å². The van der Waals surface area contributed by atoms with E-state index < -0.39 is 16.4 Å². The van der Waals surface area contributed by atoms with Crippen LogP contribution >= 0.6 is 11.6 Å². The van der Waals surface area contributed by atoms with Crippen molar-refractivity contribution in [3.8, 4) is 0 Å². The fourth-order valence-electron chi connectivity index (χ4n) is 1.51. The molecular weight excluding hydrogens is 275 g/mol. The van der Waals surface area contributed by atoms with Crippen molar-refractivity contribution >= 4 is 28.8 Å². The van der Waals surface area contributed by atoms with Gasteiger partial charge in [0.25, 0.3) is 0 Å². The molecule has 0 amide bonds. The van der Waals surface area contributed by atoms with E-state index in [0.717, 1.165) is 6.33 Å². The molecule has 0 saturated carbocycles. The number of nitro groups is 1. The van der Waals surface area contributed by atoms with Crippen LogP contribution in [0, 0.1) is 22.9 Å². The van der Waals surface area contributed by atoms with Crippen LogP contribution in [0.25, 0.3) is 0 Å². The van der Waals surface area contributed by atoms with Crippen LogP contribution in [0.1, 0.15) is 5.56 Å². The molecule has 0 fully saturated rings. The molecule has 0 saturated heterocycles. The molecule has 1 aromatic carbocycles. The molecule has 0 atom stereocenters. The smallest absolute Gasteiger partial charge is 0.334 e. The predicted molar refractivity (Wildman–Crippen MR) is 68.1 cm³/mol. The van der Waals surface area contributed by atoms with E-state index in [1.165, 1.54) is 18.2 Å². The standard InChI is InChI=1S/C11H8ClFN4O2/c1-6-4-7(13)2-3-8(6)16-11-9(17(18)19)10(12)14-5-15-11/h2-5H,1H3,(H,14,15,16). The first-order valence-electron chi connectivity index (χ1n) is 5.17. The Kier molecular flexibility index (Phi) is 3.57. The van der Waals surface area contributed by atoms with Gasteiger partial charge in [0.2, 0.25) is 11.0 Å². The number of nitrogens with zero attached hydrogens (tertiary/aromatic N) is 3. The first-order valence-corrected chi connectivity index (χ1v) is 5.55. The topological polar surface area (TPSA) is 81.0 Å². The minimum Gasteiger partial charge on any atom is -0.334 e. The normalized spacial score (nSPS) is 10.3. The van der Waals surface area contributed by atoms with E-state index in [0.29, 0.717) is 11.3 Å². The van der Waals surface area contributed by atoms with Gasteiger partial charge in [-0.2, -0.15) is 0 Å². The molecule has 0 aliphatic rings. The van der Waals surface area contributed by atoms with Gasteiger partial charge < -0.3 is 5.32 Å². The SMILES string of the molecule is Cc1cc(F)ccc1Nc1ncnc(Cl)c1[N+](=O)[O-]. The van der Waals surface area contributed by atoms with Crippen LogP contribution in [0.5, 0.6) is 0 Å². The Morgan fingerprint density at radius 2 is 2.16 bits per heavy atom. The molecule has 2 rings (SSSR count). The van der Waals surface area contributed by atoms with Crippen LogP contribution in [-0.2, 0) is 0 Å². The lowest BCUT2D eigenvalue weighted by Gasteiger charge is -2.09. The maximum absolute atomic E-state index is 13.0. The summed E-state index contributed by atoms with van der Waals surface area (Å²) < 4.78 is 13.0. The van der Waals surface area contributed by atoms with Crippen LogP contribution in [-0.4, -0.2) is 14.9 Å². The predicted octanol–water partition coefficient (Wildman–Crippen LogP) is 3.23. The molecular formula is C11H8ClFN4O2. The molecule has 8 heteroatoms. The van der Waals surface area contributed by atoms with E-state index in [1.54, 1.807) is 6.92 Å². The molecule has 2 aromatic rings. The van der Waals surface area contributed by atoms with Gasteiger partial charge in [-0.05, 0) is 30.7 Å².